The molecule has 1 N–H and O–H groups in total. The molecule has 2 aromatic carbocycles. The Labute approximate surface area is 214 Å². The number of carbonyl (C=O) groups is 2. The Morgan fingerprint density at radius 1 is 1.11 bits per heavy atom. The molecule has 0 aromatic heterocycles. The number of anilines is 1. The third-order valence-electron chi connectivity index (χ3n) is 5.22. The molecule has 1 fully saturated rings. The molecule has 1 aliphatic rings. The number of benzene rings is 2. The monoisotopic (exact) mass is 540 g/mol. The Balaban J connectivity index is 1.53. The van der Waals surface area contributed by atoms with Gasteiger partial charge < -0.3 is 9.64 Å². The Morgan fingerprint density at radius 2 is 1.80 bits per heavy atom. The van der Waals surface area contributed by atoms with Crippen LogP contribution in [0, 0.1) is 0 Å². The van der Waals surface area contributed by atoms with Gasteiger partial charge in [0.1, 0.15) is 12.3 Å². The number of ether oxygens (including phenoxy) is 1. The van der Waals surface area contributed by atoms with E-state index in [1.165, 1.54) is 24.4 Å². The molecule has 3 rings (SSSR count). The van der Waals surface area contributed by atoms with Gasteiger partial charge in [-0.05, 0) is 67.3 Å². The zero-order chi connectivity index (χ0) is 25.4. The zero-order valence-electron chi connectivity index (χ0n) is 19.1. The summed E-state index contributed by atoms with van der Waals surface area (Å²) in [6, 6.07) is 11.1. The van der Waals surface area contributed by atoms with Gasteiger partial charge in [-0.3, -0.25) is 13.9 Å². The standard InChI is InChI=1S/C23H26Cl2N4O5S/c1-35(32,33)29(21-13-18(24)7-10-20(21)25)15-22(30)27-26-14-17-5-8-19(9-6-17)34-16-23(31)28-11-3-2-4-12-28/h5-10,13-14H,2-4,11-12,15-16H2,1H3,(H,27,30)/b26-14-. The average molecular weight is 541 g/mol. The number of amides is 2. The Morgan fingerprint density at radius 3 is 2.46 bits per heavy atom. The number of hydrazone groups is 1. The minimum Gasteiger partial charge on any atom is -0.484 e. The third kappa shape index (κ3) is 8.12. The van der Waals surface area contributed by atoms with Gasteiger partial charge in [0.15, 0.2) is 6.61 Å². The molecule has 2 amide bonds. The molecule has 12 heteroatoms. The van der Waals surface area contributed by atoms with Gasteiger partial charge in [0.2, 0.25) is 10.0 Å². The second kappa shape index (κ2) is 12.2. The van der Waals surface area contributed by atoms with Gasteiger partial charge in [0, 0.05) is 18.1 Å². The van der Waals surface area contributed by atoms with E-state index in [2.05, 4.69) is 10.5 Å². The lowest BCUT2D eigenvalue weighted by atomic mass is 10.1. The van der Waals surface area contributed by atoms with E-state index in [1.54, 1.807) is 24.3 Å². The largest absolute Gasteiger partial charge is 0.484 e. The highest BCUT2D eigenvalue weighted by molar-refractivity contribution is 7.92. The van der Waals surface area contributed by atoms with Gasteiger partial charge in [0.25, 0.3) is 11.8 Å². The number of nitrogens with zero attached hydrogens (tertiary/aromatic N) is 3. The van der Waals surface area contributed by atoms with Crippen molar-refractivity contribution in [3.63, 3.8) is 0 Å². The predicted octanol–water partition coefficient (Wildman–Crippen LogP) is 3.30. The van der Waals surface area contributed by atoms with Crippen molar-refractivity contribution >= 4 is 56.9 Å². The molecular formula is C23H26Cl2N4O5S. The molecule has 188 valence electrons. The summed E-state index contributed by atoms with van der Waals surface area (Å²) in [5.74, 6) is -0.155. The molecule has 1 aliphatic heterocycles. The van der Waals surface area contributed by atoms with Gasteiger partial charge >= 0.3 is 0 Å². The van der Waals surface area contributed by atoms with E-state index in [-0.39, 0.29) is 28.2 Å². The van der Waals surface area contributed by atoms with E-state index in [4.69, 9.17) is 27.9 Å². The minimum atomic E-state index is -3.82. The molecule has 1 saturated heterocycles. The van der Waals surface area contributed by atoms with Crippen LogP contribution in [0.25, 0.3) is 0 Å². The van der Waals surface area contributed by atoms with Crippen molar-refractivity contribution in [2.45, 2.75) is 19.3 Å². The van der Waals surface area contributed by atoms with E-state index in [9.17, 15) is 18.0 Å². The van der Waals surface area contributed by atoms with Crippen LogP contribution < -0.4 is 14.5 Å². The first-order valence-corrected chi connectivity index (χ1v) is 13.5. The maximum absolute atomic E-state index is 12.3. The Hall–Kier alpha value is -2.82. The van der Waals surface area contributed by atoms with Crippen molar-refractivity contribution in [2.24, 2.45) is 5.10 Å². The summed E-state index contributed by atoms with van der Waals surface area (Å²) in [6.07, 6.45) is 5.57. The maximum atomic E-state index is 12.3. The molecule has 0 radical (unpaired) electrons. The fourth-order valence-corrected chi connectivity index (χ4v) is 4.73. The van der Waals surface area contributed by atoms with Gasteiger partial charge in [-0.25, -0.2) is 13.8 Å². The van der Waals surface area contributed by atoms with Crippen molar-refractivity contribution in [2.75, 3.05) is 36.8 Å². The van der Waals surface area contributed by atoms with Crippen LogP contribution in [0.5, 0.6) is 5.75 Å². The van der Waals surface area contributed by atoms with E-state index in [0.29, 0.717) is 11.3 Å². The smallest absolute Gasteiger partial charge is 0.260 e. The van der Waals surface area contributed by atoms with E-state index in [1.807, 2.05) is 4.90 Å². The molecule has 0 aliphatic carbocycles. The normalized spacial score (nSPS) is 14.1. The Kier molecular flexibility index (Phi) is 9.36. The number of halogens is 2. The molecule has 1 heterocycles. The summed E-state index contributed by atoms with van der Waals surface area (Å²) in [7, 11) is -3.82. The number of sulfonamides is 1. The summed E-state index contributed by atoms with van der Waals surface area (Å²) < 4.78 is 30.8. The lowest BCUT2D eigenvalue weighted by molar-refractivity contribution is -0.134. The molecule has 0 unspecified atom stereocenters. The molecule has 2 aromatic rings. The van der Waals surface area contributed by atoms with E-state index < -0.39 is 22.5 Å². The van der Waals surface area contributed by atoms with Gasteiger partial charge in [-0.15, -0.1) is 0 Å². The summed E-state index contributed by atoms with van der Waals surface area (Å²) in [5.41, 5.74) is 3.05. The third-order valence-corrected chi connectivity index (χ3v) is 6.90. The molecule has 9 nitrogen and oxygen atoms in total. The fourth-order valence-electron chi connectivity index (χ4n) is 3.43. The van der Waals surface area contributed by atoms with Gasteiger partial charge in [0.05, 0.1) is 23.2 Å². The van der Waals surface area contributed by atoms with Crippen molar-refractivity contribution in [3.05, 3.63) is 58.1 Å². The summed E-state index contributed by atoms with van der Waals surface area (Å²) in [5, 5.41) is 4.28. The van der Waals surface area contributed by atoms with Gasteiger partial charge in [-0.1, -0.05) is 23.2 Å². The molecule has 0 saturated carbocycles. The summed E-state index contributed by atoms with van der Waals surface area (Å²) in [6.45, 7) is 1.000. The van der Waals surface area contributed by atoms with Crippen LogP contribution in [0.1, 0.15) is 24.8 Å². The SMILES string of the molecule is CS(=O)(=O)N(CC(=O)N/N=C\c1ccc(OCC(=O)N2CCCCC2)cc1)c1cc(Cl)ccc1Cl. The Bertz CT molecular complexity index is 1180. The first kappa shape index (κ1) is 26.8. The van der Waals surface area contributed by atoms with E-state index in [0.717, 1.165) is 42.9 Å². The molecule has 35 heavy (non-hydrogen) atoms. The second-order valence-corrected chi connectivity index (χ2v) is 10.7. The van der Waals surface area contributed by atoms with Crippen molar-refractivity contribution in [1.29, 1.82) is 0 Å². The lowest BCUT2D eigenvalue weighted by Gasteiger charge is -2.26. The highest BCUT2D eigenvalue weighted by Crippen LogP contribution is 2.30. The maximum Gasteiger partial charge on any atom is 0.260 e. The highest BCUT2D eigenvalue weighted by atomic mass is 35.5. The van der Waals surface area contributed by atoms with Crippen molar-refractivity contribution in [1.82, 2.24) is 10.3 Å². The first-order valence-electron chi connectivity index (χ1n) is 10.9. The fraction of sp³-hybridized carbons (Fsp3) is 0.348. The highest BCUT2D eigenvalue weighted by Gasteiger charge is 2.23. The minimum absolute atomic E-state index is 0.0169. The molecule has 0 atom stereocenters. The number of rotatable bonds is 9. The summed E-state index contributed by atoms with van der Waals surface area (Å²) in [4.78, 5) is 26.3. The average Bonchev–Trinajstić information content (AvgIpc) is 2.83. The van der Waals surface area contributed by atoms with Crippen LogP contribution in [-0.2, 0) is 19.6 Å². The van der Waals surface area contributed by atoms with Crippen LogP contribution in [-0.4, -0.2) is 63.8 Å². The molecule has 0 bridgehead atoms. The van der Waals surface area contributed by atoms with Gasteiger partial charge in [-0.2, -0.15) is 5.10 Å². The number of hydrogen-bond acceptors (Lipinski definition) is 6. The van der Waals surface area contributed by atoms with Crippen LogP contribution in [0.15, 0.2) is 47.6 Å². The van der Waals surface area contributed by atoms with Crippen molar-refractivity contribution < 1.29 is 22.7 Å². The number of likely N-dealkylation sites (tertiary alicyclic amines) is 1. The van der Waals surface area contributed by atoms with Crippen LogP contribution in [0.4, 0.5) is 5.69 Å². The van der Waals surface area contributed by atoms with Crippen LogP contribution in [0.2, 0.25) is 10.0 Å². The zero-order valence-corrected chi connectivity index (χ0v) is 21.4. The molecule has 0 spiro atoms. The molecular weight excluding hydrogens is 515 g/mol. The number of hydrogen-bond donors (Lipinski definition) is 1. The topological polar surface area (TPSA) is 108 Å². The quantitative estimate of drug-likeness (QED) is 0.387. The number of nitrogens with one attached hydrogen (secondary N) is 1. The number of piperidine rings is 1. The van der Waals surface area contributed by atoms with Crippen LogP contribution >= 0.6 is 23.2 Å². The van der Waals surface area contributed by atoms with E-state index >= 15 is 0 Å². The van der Waals surface area contributed by atoms with Crippen LogP contribution in [0.3, 0.4) is 0 Å². The second-order valence-electron chi connectivity index (χ2n) is 7.96. The summed E-state index contributed by atoms with van der Waals surface area (Å²) >= 11 is 12.0. The number of carbonyl (C=O) groups excluding carboxylic acids is 2. The first-order chi connectivity index (χ1) is 16.6. The lowest BCUT2D eigenvalue weighted by Crippen LogP contribution is -2.39. The van der Waals surface area contributed by atoms with Crippen molar-refractivity contribution in [3.8, 4) is 5.75 Å². The predicted molar refractivity (Wildman–Crippen MR) is 137 cm³/mol.